The molecule has 1 aromatic heterocycles. The normalized spacial score (nSPS) is 12.2. The molecule has 0 saturated heterocycles. The first-order chi connectivity index (χ1) is 9.45. The molecule has 1 heterocycles. The van der Waals surface area contributed by atoms with Gasteiger partial charge in [-0.2, -0.15) is 0 Å². The summed E-state index contributed by atoms with van der Waals surface area (Å²) in [5.41, 5.74) is 8.61. The predicted molar refractivity (Wildman–Crippen MR) is 83.6 cm³/mol. The summed E-state index contributed by atoms with van der Waals surface area (Å²) >= 11 is 2.73. The number of aromatic nitrogens is 2. The maximum Gasteiger partial charge on any atom is 0.230 e. The lowest BCUT2D eigenvalue weighted by Crippen LogP contribution is -2.22. The van der Waals surface area contributed by atoms with E-state index in [4.69, 9.17) is 5.73 Å². The molecule has 2 aromatic rings. The SMILES string of the molecule is Cc1ccc(Nc2nnc(S[C@@H](C)C(N)=O)s2)c(C)c1. The first-order valence-corrected chi connectivity index (χ1v) is 7.79. The third-order valence-corrected chi connectivity index (χ3v) is 4.75. The van der Waals surface area contributed by atoms with Gasteiger partial charge in [-0.3, -0.25) is 4.79 Å². The Labute approximate surface area is 126 Å². The van der Waals surface area contributed by atoms with Crippen molar-refractivity contribution in [2.24, 2.45) is 5.73 Å². The maximum absolute atomic E-state index is 11.0. The number of hydrogen-bond acceptors (Lipinski definition) is 6. The van der Waals surface area contributed by atoms with Gasteiger partial charge in [0, 0.05) is 5.69 Å². The third-order valence-electron chi connectivity index (χ3n) is 2.71. The summed E-state index contributed by atoms with van der Waals surface area (Å²) in [5.74, 6) is -0.353. The standard InChI is InChI=1S/C13H16N4OS2/c1-7-4-5-10(8(2)6-7)15-12-16-17-13(20-12)19-9(3)11(14)18/h4-6,9H,1-3H3,(H2,14,18)(H,15,16)/t9-/m0/s1. The van der Waals surface area contributed by atoms with Gasteiger partial charge in [0.25, 0.3) is 0 Å². The van der Waals surface area contributed by atoms with Gasteiger partial charge < -0.3 is 11.1 Å². The first kappa shape index (κ1) is 14.8. The van der Waals surface area contributed by atoms with Gasteiger partial charge in [-0.15, -0.1) is 10.2 Å². The fraction of sp³-hybridized carbons (Fsp3) is 0.308. The van der Waals surface area contributed by atoms with Gasteiger partial charge in [-0.1, -0.05) is 40.8 Å². The van der Waals surface area contributed by atoms with Crippen LogP contribution in [0, 0.1) is 13.8 Å². The van der Waals surface area contributed by atoms with Gasteiger partial charge in [0.1, 0.15) is 0 Å². The summed E-state index contributed by atoms with van der Waals surface area (Å²) < 4.78 is 0.726. The van der Waals surface area contributed by atoms with Gasteiger partial charge in [-0.05, 0) is 32.4 Å². The number of hydrogen-bond donors (Lipinski definition) is 2. The molecule has 1 aromatic carbocycles. The van der Waals surface area contributed by atoms with Crippen LogP contribution in [0.3, 0.4) is 0 Å². The van der Waals surface area contributed by atoms with Crippen LogP contribution >= 0.6 is 23.1 Å². The number of primary amides is 1. The second kappa shape index (κ2) is 6.23. The molecule has 0 unspecified atom stereocenters. The minimum atomic E-state index is -0.353. The minimum Gasteiger partial charge on any atom is -0.369 e. The number of nitrogens with zero attached hydrogens (tertiary/aromatic N) is 2. The van der Waals surface area contributed by atoms with Gasteiger partial charge >= 0.3 is 0 Å². The molecule has 3 N–H and O–H groups in total. The number of anilines is 2. The largest absolute Gasteiger partial charge is 0.369 e. The Morgan fingerprint density at radius 3 is 2.80 bits per heavy atom. The molecular formula is C13H16N4OS2. The summed E-state index contributed by atoms with van der Waals surface area (Å²) in [4.78, 5) is 11.0. The van der Waals surface area contributed by atoms with Crippen molar-refractivity contribution in [3.63, 3.8) is 0 Å². The number of carbonyl (C=O) groups is 1. The molecule has 1 amide bonds. The smallest absolute Gasteiger partial charge is 0.230 e. The summed E-state index contributed by atoms with van der Waals surface area (Å²) in [6, 6.07) is 6.17. The number of nitrogens with two attached hydrogens (primary N) is 1. The molecule has 0 bridgehead atoms. The molecule has 5 nitrogen and oxygen atoms in total. The van der Waals surface area contributed by atoms with Crippen molar-refractivity contribution in [1.29, 1.82) is 0 Å². The minimum absolute atomic E-state index is 0.308. The van der Waals surface area contributed by atoms with E-state index in [2.05, 4.69) is 28.5 Å². The zero-order valence-corrected chi connectivity index (χ0v) is 13.1. The van der Waals surface area contributed by atoms with Crippen molar-refractivity contribution in [2.75, 3.05) is 5.32 Å². The number of aryl methyl sites for hydroxylation is 2. The molecule has 0 aliphatic rings. The molecule has 106 valence electrons. The van der Waals surface area contributed by atoms with E-state index in [9.17, 15) is 4.79 Å². The molecular weight excluding hydrogens is 292 g/mol. The van der Waals surface area contributed by atoms with Crippen LogP contribution in [0.2, 0.25) is 0 Å². The molecule has 2 rings (SSSR count). The van der Waals surface area contributed by atoms with E-state index < -0.39 is 0 Å². The van der Waals surface area contributed by atoms with Crippen LogP contribution in [-0.2, 0) is 4.79 Å². The molecule has 0 spiro atoms. The van der Waals surface area contributed by atoms with Crippen LogP contribution in [-0.4, -0.2) is 21.4 Å². The Morgan fingerprint density at radius 1 is 1.40 bits per heavy atom. The number of nitrogens with one attached hydrogen (secondary N) is 1. The van der Waals surface area contributed by atoms with Crippen molar-refractivity contribution >= 4 is 39.8 Å². The van der Waals surface area contributed by atoms with Crippen LogP contribution in [0.25, 0.3) is 0 Å². The number of benzene rings is 1. The number of amides is 1. The van der Waals surface area contributed by atoms with Gasteiger partial charge in [0.15, 0.2) is 4.34 Å². The summed E-state index contributed by atoms with van der Waals surface area (Å²) in [7, 11) is 0. The van der Waals surface area contributed by atoms with E-state index in [1.807, 2.05) is 19.1 Å². The summed E-state index contributed by atoms with van der Waals surface area (Å²) in [6.45, 7) is 5.86. The van der Waals surface area contributed by atoms with Crippen LogP contribution in [0.15, 0.2) is 22.5 Å². The molecule has 0 fully saturated rings. The fourth-order valence-corrected chi connectivity index (χ4v) is 3.44. The first-order valence-electron chi connectivity index (χ1n) is 6.09. The van der Waals surface area contributed by atoms with Crippen LogP contribution in [0.1, 0.15) is 18.1 Å². The Kier molecular flexibility index (Phi) is 4.61. The van der Waals surface area contributed by atoms with Gasteiger partial charge in [-0.25, -0.2) is 0 Å². The molecule has 0 aliphatic carbocycles. The van der Waals surface area contributed by atoms with Crippen molar-refractivity contribution in [3.05, 3.63) is 29.3 Å². The van der Waals surface area contributed by atoms with E-state index in [1.165, 1.54) is 28.7 Å². The molecule has 20 heavy (non-hydrogen) atoms. The van der Waals surface area contributed by atoms with Crippen LogP contribution < -0.4 is 11.1 Å². The van der Waals surface area contributed by atoms with Crippen LogP contribution in [0.4, 0.5) is 10.8 Å². The highest BCUT2D eigenvalue weighted by molar-refractivity contribution is 8.02. The highest BCUT2D eigenvalue weighted by Gasteiger charge is 2.14. The average molecular weight is 308 g/mol. The van der Waals surface area contributed by atoms with Crippen molar-refractivity contribution in [2.45, 2.75) is 30.4 Å². The van der Waals surface area contributed by atoms with E-state index >= 15 is 0 Å². The van der Waals surface area contributed by atoms with Gasteiger partial charge in [0.05, 0.1) is 5.25 Å². The van der Waals surface area contributed by atoms with Crippen molar-refractivity contribution in [3.8, 4) is 0 Å². The maximum atomic E-state index is 11.0. The number of rotatable bonds is 5. The van der Waals surface area contributed by atoms with Crippen LogP contribution in [0.5, 0.6) is 0 Å². The highest BCUT2D eigenvalue weighted by atomic mass is 32.2. The average Bonchev–Trinajstić information content (AvgIpc) is 2.80. The Morgan fingerprint density at radius 2 is 2.15 bits per heavy atom. The summed E-state index contributed by atoms with van der Waals surface area (Å²) in [6.07, 6.45) is 0. The van der Waals surface area contributed by atoms with E-state index in [0.717, 1.165) is 15.6 Å². The zero-order valence-electron chi connectivity index (χ0n) is 11.5. The van der Waals surface area contributed by atoms with E-state index in [1.54, 1.807) is 6.92 Å². The Balaban J connectivity index is 2.07. The monoisotopic (exact) mass is 308 g/mol. The number of carbonyl (C=O) groups excluding carboxylic acids is 1. The lowest BCUT2D eigenvalue weighted by Gasteiger charge is -2.06. The quantitative estimate of drug-likeness (QED) is 0.830. The van der Waals surface area contributed by atoms with E-state index in [0.29, 0.717) is 5.13 Å². The predicted octanol–water partition coefficient (Wildman–Crippen LogP) is 2.86. The Bertz CT molecular complexity index is 627. The lowest BCUT2D eigenvalue weighted by atomic mass is 10.1. The second-order valence-electron chi connectivity index (χ2n) is 4.48. The fourth-order valence-electron chi connectivity index (χ4n) is 1.59. The highest BCUT2D eigenvalue weighted by Crippen LogP contribution is 2.31. The van der Waals surface area contributed by atoms with Gasteiger partial charge in [0.2, 0.25) is 11.0 Å². The molecule has 0 radical (unpaired) electrons. The Hall–Kier alpha value is -1.60. The van der Waals surface area contributed by atoms with Crippen molar-refractivity contribution < 1.29 is 4.79 Å². The molecule has 7 heteroatoms. The van der Waals surface area contributed by atoms with E-state index in [-0.39, 0.29) is 11.2 Å². The molecule has 0 aliphatic heterocycles. The lowest BCUT2D eigenvalue weighted by molar-refractivity contribution is -0.117. The summed E-state index contributed by atoms with van der Waals surface area (Å²) in [5, 5.41) is 11.7. The number of thioether (sulfide) groups is 1. The molecule has 0 saturated carbocycles. The molecule has 1 atom stereocenters. The zero-order chi connectivity index (χ0) is 14.7. The second-order valence-corrected chi connectivity index (χ2v) is 7.04. The topological polar surface area (TPSA) is 80.9 Å². The van der Waals surface area contributed by atoms with Crippen molar-refractivity contribution in [1.82, 2.24) is 10.2 Å². The third kappa shape index (κ3) is 3.71.